The van der Waals surface area contributed by atoms with Gasteiger partial charge in [0.05, 0.1) is 47.3 Å². The molecule has 1 N–H and O–H groups in total. The Morgan fingerprint density at radius 2 is 2.00 bits per heavy atom. The smallest absolute Gasteiger partial charge is 0.411 e. The van der Waals surface area contributed by atoms with Gasteiger partial charge in [0.1, 0.15) is 17.4 Å². The normalized spacial score (nSPS) is 14.2. The number of hydrogen-bond acceptors (Lipinski definition) is 9. The lowest BCUT2D eigenvalue weighted by molar-refractivity contribution is 0.190. The van der Waals surface area contributed by atoms with Crippen molar-refractivity contribution in [2.24, 2.45) is 0 Å². The molecule has 10 nitrogen and oxygen atoms in total. The van der Waals surface area contributed by atoms with Crippen LogP contribution in [0.5, 0.6) is 11.6 Å². The molecule has 0 saturated carbocycles. The Balaban J connectivity index is 1.20. The summed E-state index contributed by atoms with van der Waals surface area (Å²) >= 11 is 1.42. The van der Waals surface area contributed by atoms with Crippen molar-refractivity contribution in [1.29, 1.82) is 0 Å². The van der Waals surface area contributed by atoms with Crippen LogP contribution in [0.15, 0.2) is 65.5 Å². The van der Waals surface area contributed by atoms with E-state index >= 15 is 4.39 Å². The third kappa shape index (κ3) is 4.45. The molecule has 3 aromatic heterocycles. The number of methoxy groups -OCH3 is 1. The third-order valence-electron chi connectivity index (χ3n) is 7.08. The molecule has 1 atom stereocenters. The zero-order valence-corrected chi connectivity index (χ0v) is 23.2. The van der Waals surface area contributed by atoms with Crippen LogP contribution in [0.1, 0.15) is 11.1 Å². The number of carbonyl (C=O) groups is 1. The summed E-state index contributed by atoms with van der Waals surface area (Å²) < 4.78 is 32.6. The summed E-state index contributed by atoms with van der Waals surface area (Å²) in [6.07, 6.45) is 3.16. The molecule has 7 rings (SSSR count). The Bertz CT molecular complexity index is 1980. The zero-order chi connectivity index (χ0) is 29.0. The van der Waals surface area contributed by atoms with Crippen LogP contribution in [0.25, 0.3) is 43.3 Å². The number of thiazole rings is 1. The van der Waals surface area contributed by atoms with Crippen LogP contribution in [-0.4, -0.2) is 50.9 Å². The molecule has 0 aliphatic carbocycles. The maximum absolute atomic E-state index is 15.3. The SMILES string of the molecule is COc1cnc2c(-c3nc4cc(F)c5c(c4s3)CC(CN(C(=O)O)c3ccc(-c4ncco4)cc3)O5)cc(C)cc2n1. The Kier molecular flexibility index (Phi) is 6.19. The molecule has 42 heavy (non-hydrogen) atoms. The van der Waals surface area contributed by atoms with Crippen LogP contribution >= 0.6 is 11.3 Å². The molecule has 0 fully saturated rings. The van der Waals surface area contributed by atoms with E-state index in [1.807, 2.05) is 19.1 Å². The molecule has 0 saturated heterocycles. The largest absolute Gasteiger partial charge is 0.485 e. The first-order chi connectivity index (χ1) is 20.4. The van der Waals surface area contributed by atoms with Gasteiger partial charge in [-0.2, -0.15) is 0 Å². The first-order valence-electron chi connectivity index (χ1n) is 13.0. The summed E-state index contributed by atoms with van der Waals surface area (Å²) in [5.74, 6) is 0.442. The fourth-order valence-electron chi connectivity index (χ4n) is 5.20. The number of hydrogen-bond donors (Lipinski definition) is 1. The fraction of sp³-hybridized carbons (Fsp3) is 0.167. The second-order valence-electron chi connectivity index (χ2n) is 9.85. The lowest BCUT2D eigenvalue weighted by atomic mass is 10.1. The predicted molar refractivity (Wildman–Crippen MR) is 155 cm³/mol. The summed E-state index contributed by atoms with van der Waals surface area (Å²) in [5, 5.41) is 10.7. The average Bonchev–Trinajstić information content (AvgIpc) is 3.75. The highest BCUT2D eigenvalue weighted by atomic mass is 32.1. The molecular formula is C30H22FN5O5S. The van der Waals surface area contributed by atoms with E-state index in [1.54, 1.807) is 36.7 Å². The van der Waals surface area contributed by atoms with Gasteiger partial charge in [0, 0.05) is 34.9 Å². The molecule has 1 amide bonds. The summed E-state index contributed by atoms with van der Waals surface area (Å²) in [4.78, 5) is 31.3. The highest BCUT2D eigenvalue weighted by molar-refractivity contribution is 7.22. The van der Waals surface area contributed by atoms with Crippen LogP contribution in [0.4, 0.5) is 14.9 Å². The molecule has 0 bridgehead atoms. The number of halogens is 1. The summed E-state index contributed by atoms with van der Waals surface area (Å²) in [6.45, 7) is 1.97. The quantitative estimate of drug-likeness (QED) is 0.234. The summed E-state index contributed by atoms with van der Waals surface area (Å²) in [7, 11) is 1.54. The molecule has 0 radical (unpaired) electrons. The summed E-state index contributed by atoms with van der Waals surface area (Å²) in [5.41, 5.74) is 5.44. The molecule has 6 aromatic rings. The number of ether oxygens (including phenoxy) is 2. The van der Waals surface area contributed by atoms with Gasteiger partial charge < -0.3 is 19.0 Å². The van der Waals surface area contributed by atoms with Crippen LogP contribution in [0.2, 0.25) is 0 Å². The first-order valence-corrected chi connectivity index (χ1v) is 13.8. The predicted octanol–water partition coefficient (Wildman–Crippen LogP) is 6.51. The maximum atomic E-state index is 15.3. The Hall–Kier alpha value is -5.10. The minimum Gasteiger partial charge on any atom is -0.485 e. The lowest BCUT2D eigenvalue weighted by Gasteiger charge is -2.23. The minimum atomic E-state index is -1.15. The van der Waals surface area contributed by atoms with Gasteiger partial charge in [0.25, 0.3) is 0 Å². The topological polar surface area (TPSA) is 124 Å². The summed E-state index contributed by atoms with van der Waals surface area (Å²) in [6, 6.07) is 12.1. The molecule has 4 heterocycles. The van der Waals surface area contributed by atoms with Crippen molar-refractivity contribution in [2.45, 2.75) is 19.4 Å². The van der Waals surface area contributed by atoms with Crippen LogP contribution in [0, 0.1) is 12.7 Å². The van der Waals surface area contributed by atoms with Gasteiger partial charge in [-0.1, -0.05) is 0 Å². The number of oxazole rings is 1. The standard InChI is InChI=1S/C30H22FN5O5S/c1-15-9-19(25-22(10-15)34-24(39-2)13-33-25)29-35-23-12-21(31)26-20(27(23)42-29)11-18(41-26)14-36(30(37)38)17-5-3-16(4-6-17)28-32-7-8-40-28/h3-10,12-13,18H,11,14H2,1-2H3,(H,37,38). The van der Waals surface area contributed by atoms with Crippen molar-refractivity contribution in [3.8, 4) is 33.7 Å². The monoisotopic (exact) mass is 583 g/mol. The van der Waals surface area contributed by atoms with E-state index < -0.39 is 18.0 Å². The van der Waals surface area contributed by atoms with Crippen molar-refractivity contribution >= 4 is 44.4 Å². The van der Waals surface area contributed by atoms with E-state index in [9.17, 15) is 9.90 Å². The van der Waals surface area contributed by atoms with E-state index in [2.05, 4.69) is 15.0 Å². The van der Waals surface area contributed by atoms with Crippen molar-refractivity contribution in [3.05, 3.63) is 78.1 Å². The molecule has 12 heteroatoms. The van der Waals surface area contributed by atoms with Crippen LogP contribution in [-0.2, 0) is 6.42 Å². The molecule has 1 unspecified atom stereocenters. The third-order valence-corrected chi connectivity index (χ3v) is 8.25. The zero-order valence-electron chi connectivity index (χ0n) is 22.4. The number of aromatic nitrogens is 4. The average molecular weight is 584 g/mol. The number of amides is 1. The van der Waals surface area contributed by atoms with Crippen molar-refractivity contribution in [3.63, 3.8) is 0 Å². The highest BCUT2D eigenvalue weighted by Gasteiger charge is 2.33. The van der Waals surface area contributed by atoms with Gasteiger partial charge in [0.2, 0.25) is 11.8 Å². The number of nitrogens with zero attached hydrogens (tertiary/aromatic N) is 5. The Morgan fingerprint density at radius 3 is 2.74 bits per heavy atom. The number of fused-ring (bicyclic) bond motifs is 4. The van der Waals surface area contributed by atoms with Gasteiger partial charge in [-0.25, -0.2) is 29.1 Å². The van der Waals surface area contributed by atoms with Gasteiger partial charge in [0.15, 0.2) is 11.6 Å². The van der Waals surface area contributed by atoms with E-state index in [4.69, 9.17) is 18.9 Å². The van der Waals surface area contributed by atoms with Crippen LogP contribution < -0.4 is 14.4 Å². The highest BCUT2D eigenvalue weighted by Crippen LogP contribution is 2.43. The molecule has 1 aliphatic heterocycles. The van der Waals surface area contributed by atoms with Gasteiger partial charge in [-0.05, 0) is 48.9 Å². The molecule has 0 spiro atoms. The Labute approximate surface area is 242 Å². The van der Waals surface area contributed by atoms with Crippen LogP contribution in [0.3, 0.4) is 0 Å². The number of anilines is 1. The maximum Gasteiger partial charge on any atom is 0.411 e. The van der Waals surface area contributed by atoms with E-state index in [0.29, 0.717) is 51.0 Å². The minimum absolute atomic E-state index is 0.00883. The van der Waals surface area contributed by atoms with E-state index in [0.717, 1.165) is 21.4 Å². The molecule has 210 valence electrons. The number of aryl methyl sites for hydroxylation is 1. The second kappa shape index (κ2) is 10.1. The molecular weight excluding hydrogens is 561 g/mol. The van der Waals surface area contributed by atoms with Gasteiger partial charge in [-0.15, -0.1) is 11.3 Å². The molecule has 3 aromatic carbocycles. The van der Waals surface area contributed by atoms with E-state index in [1.165, 1.54) is 35.7 Å². The Morgan fingerprint density at radius 1 is 1.17 bits per heavy atom. The first kappa shape index (κ1) is 25.8. The second-order valence-corrected chi connectivity index (χ2v) is 10.8. The lowest BCUT2D eigenvalue weighted by Crippen LogP contribution is -2.38. The number of rotatable bonds is 6. The van der Waals surface area contributed by atoms with Crippen molar-refractivity contribution < 1.29 is 28.2 Å². The number of carboxylic acid groups (broad SMARTS) is 1. The van der Waals surface area contributed by atoms with Crippen molar-refractivity contribution in [1.82, 2.24) is 19.9 Å². The van der Waals surface area contributed by atoms with Gasteiger partial charge in [-0.3, -0.25) is 4.90 Å². The number of benzene rings is 3. The fourth-order valence-corrected chi connectivity index (χ4v) is 6.31. The molecule has 1 aliphatic rings. The van der Waals surface area contributed by atoms with Crippen molar-refractivity contribution in [2.75, 3.05) is 18.6 Å². The van der Waals surface area contributed by atoms with Gasteiger partial charge >= 0.3 is 6.09 Å². The van der Waals surface area contributed by atoms with E-state index in [-0.39, 0.29) is 12.3 Å².